The maximum atomic E-state index is 11.9. The molecule has 2 heterocycles. The van der Waals surface area contributed by atoms with Crippen molar-refractivity contribution in [3.05, 3.63) is 22.4 Å². The summed E-state index contributed by atoms with van der Waals surface area (Å²) in [5.74, 6) is -0.388. The first-order valence-corrected chi connectivity index (χ1v) is 5.91. The lowest BCUT2D eigenvalue weighted by Crippen LogP contribution is -2.23. The second-order valence-electron chi connectivity index (χ2n) is 5.43. The monoisotopic (exact) mass is 264 g/mol. The summed E-state index contributed by atoms with van der Waals surface area (Å²) in [4.78, 5) is 29.7. The number of H-pyrrole nitrogens is 1. The number of hydrogen-bond donors (Lipinski definition) is 2. The number of hydrogen-bond acceptors (Lipinski definition) is 4. The van der Waals surface area contributed by atoms with Crippen LogP contribution in [-0.2, 0) is 18.3 Å². The molecule has 0 amide bonds. The highest BCUT2D eigenvalue weighted by atomic mass is 16.4. The molecule has 7 heteroatoms. The molecule has 0 aromatic carbocycles. The minimum absolute atomic E-state index is 0.0140. The van der Waals surface area contributed by atoms with Crippen LogP contribution in [0.5, 0.6) is 0 Å². The van der Waals surface area contributed by atoms with E-state index in [1.54, 1.807) is 7.05 Å². The van der Waals surface area contributed by atoms with E-state index < -0.39 is 11.4 Å². The Hall–Kier alpha value is -2.18. The van der Waals surface area contributed by atoms with Crippen LogP contribution in [0.25, 0.3) is 11.0 Å². The van der Waals surface area contributed by atoms with Crippen molar-refractivity contribution in [3.63, 3.8) is 0 Å². The Kier molecular flexibility index (Phi) is 3.13. The highest BCUT2D eigenvalue weighted by molar-refractivity contribution is 5.73. The van der Waals surface area contributed by atoms with Crippen molar-refractivity contribution >= 4 is 17.0 Å². The van der Waals surface area contributed by atoms with Gasteiger partial charge in [0.25, 0.3) is 5.56 Å². The molecule has 0 saturated heterocycles. The zero-order valence-electron chi connectivity index (χ0n) is 11.1. The fourth-order valence-electron chi connectivity index (χ4n) is 2.09. The van der Waals surface area contributed by atoms with Crippen molar-refractivity contribution in [1.29, 1.82) is 0 Å². The molecule has 0 aliphatic heterocycles. The lowest BCUT2D eigenvalue weighted by Gasteiger charge is -2.21. The summed E-state index contributed by atoms with van der Waals surface area (Å²) in [7, 11) is 1.71. The number of carbonyl (C=O) groups is 1. The molecule has 19 heavy (non-hydrogen) atoms. The SMILES string of the molecule is Cn1ncc2c(=O)[nH]c(CC(C)(C)CC(=O)O)nc21. The highest BCUT2D eigenvalue weighted by Crippen LogP contribution is 2.24. The largest absolute Gasteiger partial charge is 0.481 e. The molecule has 0 fully saturated rings. The van der Waals surface area contributed by atoms with Gasteiger partial charge in [0.15, 0.2) is 5.65 Å². The van der Waals surface area contributed by atoms with Crippen LogP contribution in [-0.4, -0.2) is 30.8 Å². The molecule has 102 valence electrons. The number of aromatic nitrogens is 4. The number of aliphatic carboxylic acids is 1. The molecule has 0 radical (unpaired) electrons. The maximum Gasteiger partial charge on any atom is 0.303 e. The van der Waals surface area contributed by atoms with E-state index in [9.17, 15) is 9.59 Å². The number of aryl methyl sites for hydroxylation is 1. The molecular formula is C12H16N4O3. The lowest BCUT2D eigenvalue weighted by atomic mass is 9.85. The number of aromatic amines is 1. The summed E-state index contributed by atoms with van der Waals surface area (Å²) >= 11 is 0. The van der Waals surface area contributed by atoms with Crippen LogP contribution < -0.4 is 5.56 Å². The molecule has 2 N–H and O–H groups in total. The lowest BCUT2D eigenvalue weighted by molar-refractivity contribution is -0.139. The number of nitrogens with zero attached hydrogens (tertiary/aromatic N) is 3. The van der Waals surface area contributed by atoms with Crippen molar-refractivity contribution in [2.75, 3.05) is 0 Å². The molecule has 0 spiro atoms. The minimum atomic E-state index is -0.867. The fraction of sp³-hybridized carbons (Fsp3) is 0.500. The van der Waals surface area contributed by atoms with E-state index >= 15 is 0 Å². The van der Waals surface area contributed by atoms with Crippen LogP contribution in [0.4, 0.5) is 0 Å². The van der Waals surface area contributed by atoms with E-state index in [4.69, 9.17) is 5.11 Å². The first-order chi connectivity index (χ1) is 8.78. The Balaban J connectivity index is 2.38. The molecule has 2 rings (SSSR count). The van der Waals surface area contributed by atoms with Crippen molar-refractivity contribution < 1.29 is 9.90 Å². The van der Waals surface area contributed by atoms with Crippen molar-refractivity contribution in [3.8, 4) is 0 Å². The summed E-state index contributed by atoms with van der Waals surface area (Å²) in [5.41, 5.74) is -0.224. The zero-order valence-corrected chi connectivity index (χ0v) is 11.1. The standard InChI is InChI=1S/C12H16N4O3/c1-12(2,5-9(17)18)4-8-14-10-7(11(19)15-8)6-13-16(10)3/h6H,4-5H2,1-3H3,(H,17,18)(H,14,15,19). The Morgan fingerprint density at radius 2 is 2.21 bits per heavy atom. The van der Waals surface area contributed by atoms with E-state index in [2.05, 4.69) is 15.1 Å². The van der Waals surface area contributed by atoms with Crippen molar-refractivity contribution in [2.24, 2.45) is 12.5 Å². The van der Waals surface area contributed by atoms with Gasteiger partial charge in [0.1, 0.15) is 11.2 Å². The average molecular weight is 264 g/mol. The van der Waals surface area contributed by atoms with Gasteiger partial charge in [0.05, 0.1) is 12.6 Å². The van der Waals surface area contributed by atoms with Gasteiger partial charge in [0.2, 0.25) is 0 Å². The quantitative estimate of drug-likeness (QED) is 0.846. The van der Waals surface area contributed by atoms with E-state index in [-0.39, 0.29) is 12.0 Å². The Bertz CT molecular complexity index is 684. The second-order valence-corrected chi connectivity index (χ2v) is 5.43. The number of fused-ring (bicyclic) bond motifs is 1. The van der Waals surface area contributed by atoms with Crippen LogP contribution in [0.3, 0.4) is 0 Å². The minimum Gasteiger partial charge on any atom is -0.481 e. The Morgan fingerprint density at radius 1 is 1.53 bits per heavy atom. The van der Waals surface area contributed by atoms with Gasteiger partial charge in [-0.1, -0.05) is 13.8 Å². The normalized spacial score (nSPS) is 11.9. The third-order valence-electron chi connectivity index (χ3n) is 2.93. The Labute approximate surface area is 109 Å². The summed E-state index contributed by atoms with van der Waals surface area (Å²) in [6.07, 6.45) is 1.86. The van der Waals surface area contributed by atoms with Gasteiger partial charge >= 0.3 is 5.97 Å². The van der Waals surface area contributed by atoms with Gasteiger partial charge in [-0.05, 0) is 5.41 Å². The van der Waals surface area contributed by atoms with Crippen LogP contribution >= 0.6 is 0 Å². The van der Waals surface area contributed by atoms with Gasteiger partial charge in [-0.3, -0.25) is 14.3 Å². The van der Waals surface area contributed by atoms with Gasteiger partial charge < -0.3 is 10.1 Å². The molecule has 2 aromatic rings. The average Bonchev–Trinajstić information content (AvgIpc) is 2.58. The van der Waals surface area contributed by atoms with Gasteiger partial charge in [0, 0.05) is 13.5 Å². The molecular weight excluding hydrogens is 248 g/mol. The first-order valence-electron chi connectivity index (χ1n) is 5.91. The van der Waals surface area contributed by atoms with Gasteiger partial charge in [-0.25, -0.2) is 4.98 Å². The van der Waals surface area contributed by atoms with E-state index in [0.29, 0.717) is 23.3 Å². The molecule has 0 saturated carbocycles. The van der Waals surface area contributed by atoms with Crippen LogP contribution in [0.1, 0.15) is 26.1 Å². The predicted molar refractivity (Wildman–Crippen MR) is 68.9 cm³/mol. The molecule has 0 aliphatic rings. The summed E-state index contributed by atoms with van der Waals surface area (Å²) < 4.78 is 1.53. The molecule has 0 unspecified atom stereocenters. The zero-order chi connectivity index (χ0) is 14.2. The van der Waals surface area contributed by atoms with Crippen molar-refractivity contribution in [1.82, 2.24) is 19.7 Å². The van der Waals surface area contributed by atoms with Crippen molar-refractivity contribution in [2.45, 2.75) is 26.7 Å². The molecule has 0 atom stereocenters. The number of rotatable bonds is 4. The van der Waals surface area contributed by atoms with Crippen LogP contribution in [0, 0.1) is 5.41 Å². The van der Waals surface area contributed by atoms with Crippen LogP contribution in [0.2, 0.25) is 0 Å². The number of nitrogens with one attached hydrogen (secondary N) is 1. The maximum absolute atomic E-state index is 11.9. The fourth-order valence-corrected chi connectivity index (χ4v) is 2.09. The summed E-state index contributed by atoms with van der Waals surface area (Å²) in [6.45, 7) is 3.66. The smallest absolute Gasteiger partial charge is 0.303 e. The van der Waals surface area contributed by atoms with E-state index in [1.807, 2.05) is 13.8 Å². The summed E-state index contributed by atoms with van der Waals surface area (Å²) in [6, 6.07) is 0. The molecule has 2 aromatic heterocycles. The molecule has 0 aliphatic carbocycles. The van der Waals surface area contributed by atoms with E-state index in [1.165, 1.54) is 10.9 Å². The molecule has 0 bridgehead atoms. The topological polar surface area (TPSA) is 101 Å². The van der Waals surface area contributed by atoms with Gasteiger partial charge in [-0.2, -0.15) is 5.10 Å². The number of carboxylic acids is 1. The second kappa shape index (κ2) is 4.49. The summed E-state index contributed by atoms with van der Waals surface area (Å²) in [5, 5.41) is 13.3. The van der Waals surface area contributed by atoms with Crippen LogP contribution in [0.15, 0.2) is 11.0 Å². The van der Waals surface area contributed by atoms with Gasteiger partial charge in [-0.15, -0.1) is 0 Å². The van der Waals surface area contributed by atoms with E-state index in [0.717, 1.165) is 0 Å². The molecule has 7 nitrogen and oxygen atoms in total. The Morgan fingerprint density at radius 3 is 2.84 bits per heavy atom. The highest BCUT2D eigenvalue weighted by Gasteiger charge is 2.24. The number of carboxylic acid groups (broad SMARTS) is 1. The third-order valence-corrected chi connectivity index (χ3v) is 2.93. The third kappa shape index (κ3) is 2.81. The first kappa shape index (κ1) is 13.3. The predicted octanol–water partition coefficient (Wildman–Crippen LogP) is 0.700.